The van der Waals surface area contributed by atoms with E-state index in [2.05, 4.69) is 10.3 Å². The summed E-state index contributed by atoms with van der Waals surface area (Å²) in [5.74, 6) is -1.14. The predicted molar refractivity (Wildman–Crippen MR) is 88.4 cm³/mol. The lowest BCUT2D eigenvalue weighted by Crippen LogP contribution is -2.11. The van der Waals surface area contributed by atoms with Crippen LogP contribution < -0.4 is 10.1 Å². The number of aromatic nitrogens is 1. The highest BCUT2D eigenvalue weighted by atomic mass is 32.1. The Morgan fingerprint density at radius 1 is 1.21 bits per heavy atom. The van der Waals surface area contributed by atoms with Crippen LogP contribution in [0.25, 0.3) is 11.3 Å². The van der Waals surface area contributed by atoms with Crippen molar-refractivity contribution in [3.63, 3.8) is 0 Å². The molecule has 1 N–H and O–H groups in total. The number of carbonyl (C=O) groups excluding carboxylic acids is 1. The van der Waals surface area contributed by atoms with Crippen LogP contribution in [-0.2, 0) is 0 Å². The van der Waals surface area contributed by atoms with Gasteiger partial charge in [0.15, 0.2) is 5.13 Å². The van der Waals surface area contributed by atoms with Gasteiger partial charge in [-0.15, -0.1) is 11.3 Å². The zero-order chi connectivity index (χ0) is 17.1. The van der Waals surface area contributed by atoms with Gasteiger partial charge >= 0.3 is 0 Å². The maximum Gasteiger partial charge on any atom is 0.257 e. The van der Waals surface area contributed by atoms with Gasteiger partial charge in [-0.2, -0.15) is 0 Å². The summed E-state index contributed by atoms with van der Waals surface area (Å²) in [5, 5.41) is 4.56. The summed E-state index contributed by atoms with van der Waals surface area (Å²) in [6.07, 6.45) is 0. The van der Waals surface area contributed by atoms with E-state index in [9.17, 15) is 13.6 Å². The fraction of sp³-hybridized carbons (Fsp3) is 0.0588. The Kier molecular flexibility index (Phi) is 4.52. The second kappa shape index (κ2) is 6.76. The van der Waals surface area contributed by atoms with E-state index < -0.39 is 11.6 Å². The summed E-state index contributed by atoms with van der Waals surface area (Å²) < 4.78 is 31.8. The Hall–Kier alpha value is -2.80. The molecule has 0 bridgehead atoms. The minimum absolute atomic E-state index is 0.175. The maximum absolute atomic E-state index is 13.8. The number of nitrogens with zero attached hydrogens (tertiary/aromatic N) is 1. The first-order valence-corrected chi connectivity index (χ1v) is 7.81. The predicted octanol–water partition coefficient (Wildman–Crippen LogP) is 4.35. The van der Waals surface area contributed by atoms with Gasteiger partial charge in [-0.25, -0.2) is 13.8 Å². The van der Waals surface area contributed by atoms with Gasteiger partial charge in [-0.1, -0.05) is 6.07 Å². The van der Waals surface area contributed by atoms with E-state index in [4.69, 9.17) is 4.74 Å². The van der Waals surface area contributed by atoms with Crippen molar-refractivity contribution in [2.45, 2.75) is 0 Å². The molecule has 1 amide bonds. The second-order valence-electron chi connectivity index (χ2n) is 4.85. The number of thiazole rings is 1. The molecule has 0 aliphatic heterocycles. The minimum Gasteiger partial charge on any atom is -0.497 e. The van der Waals surface area contributed by atoms with Crippen LogP contribution in [0.2, 0.25) is 0 Å². The topological polar surface area (TPSA) is 51.2 Å². The zero-order valence-electron chi connectivity index (χ0n) is 12.5. The van der Waals surface area contributed by atoms with Crippen molar-refractivity contribution >= 4 is 22.4 Å². The first-order chi connectivity index (χ1) is 11.6. The number of ether oxygens (including phenoxy) is 1. The van der Waals surface area contributed by atoms with E-state index >= 15 is 0 Å². The number of hydrogen-bond acceptors (Lipinski definition) is 4. The largest absolute Gasteiger partial charge is 0.497 e. The SMILES string of the molecule is COc1cccc(C(=O)Nc2nc(-c3ccc(F)cc3F)cs2)c1. The average molecular weight is 346 g/mol. The molecule has 2 aromatic carbocycles. The molecule has 0 spiro atoms. The molecule has 0 aliphatic carbocycles. The molecule has 3 rings (SSSR count). The number of amides is 1. The quantitative estimate of drug-likeness (QED) is 0.764. The van der Waals surface area contributed by atoms with Crippen LogP contribution in [0.4, 0.5) is 13.9 Å². The lowest BCUT2D eigenvalue weighted by atomic mass is 10.1. The molecule has 7 heteroatoms. The number of nitrogens with one attached hydrogen (secondary N) is 1. The first kappa shape index (κ1) is 16.1. The van der Waals surface area contributed by atoms with Crippen LogP contribution in [0.15, 0.2) is 47.8 Å². The van der Waals surface area contributed by atoms with Gasteiger partial charge < -0.3 is 4.74 Å². The van der Waals surface area contributed by atoms with Crippen LogP contribution in [-0.4, -0.2) is 18.0 Å². The lowest BCUT2D eigenvalue weighted by Gasteiger charge is -2.04. The third kappa shape index (κ3) is 3.41. The third-order valence-corrected chi connectivity index (χ3v) is 4.02. The second-order valence-corrected chi connectivity index (χ2v) is 5.71. The Labute approximate surface area is 140 Å². The van der Waals surface area contributed by atoms with Gasteiger partial charge in [-0.05, 0) is 30.3 Å². The van der Waals surface area contributed by atoms with Crippen molar-refractivity contribution in [1.82, 2.24) is 4.98 Å². The number of carbonyl (C=O) groups is 1. The van der Waals surface area contributed by atoms with Crippen LogP contribution in [0, 0.1) is 11.6 Å². The Morgan fingerprint density at radius 3 is 2.79 bits per heavy atom. The number of methoxy groups -OCH3 is 1. The van der Waals surface area contributed by atoms with E-state index in [-0.39, 0.29) is 11.5 Å². The number of rotatable bonds is 4. The van der Waals surface area contributed by atoms with Crippen molar-refractivity contribution in [3.05, 3.63) is 65.0 Å². The van der Waals surface area contributed by atoms with E-state index in [1.165, 1.54) is 13.2 Å². The number of hydrogen-bond donors (Lipinski definition) is 1. The fourth-order valence-corrected chi connectivity index (χ4v) is 2.79. The van der Waals surface area contributed by atoms with E-state index in [1.54, 1.807) is 29.6 Å². The summed E-state index contributed by atoms with van der Waals surface area (Å²) in [6, 6.07) is 9.95. The summed E-state index contributed by atoms with van der Waals surface area (Å²) in [6.45, 7) is 0. The van der Waals surface area contributed by atoms with E-state index in [0.29, 0.717) is 22.1 Å². The Morgan fingerprint density at radius 2 is 2.04 bits per heavy atom. The molecule has 1 heterocycles. The Balaban J connectivity index is 1.79. The molecule has 0 aliphatic rings. The smallest absolute Gasteiger partial charge is 0.257 e. The molecule has 24 heavy (non-hydrogen) atoms. The summed E-state index contributed by atoms with van der Waals surface area (Å²) in [7, 11) is 1.52. The fourth-order valence-electron chi connectivity index (χ4n) is 2.09. The molecule has 0 saturated carbocycles. The number of anilines is 1. The average Bonchev–Trinajstić information content (AvgIpc) is 3.03. The standard InChI is InChI=1S/C17H12F2N2O2S/c1-23-12-4-2-3-10(7-12)16(22)21-17-20-15(9-24-17)13-6-5-11(18)8-14(13)19/h2-9H,1H3,(H,20,21,22). The summed E-state index contributed by atoms with van der Waals surface area (Å²) in [5.41, 5.74) is 0.923. The Bertz CT molecular complexity index is 896. The minimum atomic E-state index is -0.703. The molecule has 0 fully saturated rings. The van der Waals surface area contributed by atoms with Crippen LogP contribution >= 0.6 is 11.3 Å². The molecule has 0 atom stereocenters. The van der Waals surface area contributed by atoms with Crippen LogP contribution in [0.1, 0.15) is 10.4 Å². The molecule has 0 unspecified atom stereocenters. The van der Waals surface area contributed by atoms with Crippen molar-refractivity contribution < 1.29 is 18.3 Å². The van der Waals surface area contributed by atoms with Crippen molar-refractivity contribution in [3.8, 4) is 17.0 Å². The maximum atomic E-state index is 13.8. The van der Waals surface area contributed by atoms with Gasteiger partial charge in [0.25, 0.3) is 5.91 Å². The van der Waals surface area contributed by atoms with Crippen molar-refractivity contribution in [1.29, 1.82) is 0 Å². The monoisotopic (exact) mass is 346 g/mol. The van der Waals surface area contributed by atoms with Crippen LogP contribution in [0.3, 0.4) is 0 Å². The lowest BCUT2D eigenvalue weighted by molar-refractivity contribution is 0.102. The highest BCUT2D eigenvalue weighted by Gasteiger charge is 2.13. The molecule has 4 nitrogen and oxygen atoms in total. The molecular weight excluding hydrogens is 334 g/mol. The van der Waals surface area contributed by atoms with Gasteiger partial charge in [-0.3, -0.25) is 10.1 Å². The third-order valence-electron chi connectivity index (χ3n) is 3.26. The zero-order valence-corrected chi connectivity index (χ0v) is 13.4. The molecule has 0 radical (unpaired) electrons. The molecular formula is C17H12F2N2O2S. The molecule has 1 aromatic heterocycles. The highest BCUT2D eigenvalue weighted by Crippen LogP contribution is 2.27. The van der Waals surface area contributed by atoms with Gasteiger partial charge in [0.1, 0.15) is 17.4 Å². The van der Waals surface area contributed by atoms with Crippen LogP contribution in [0.5, 0.6) is 5.75 Å². The number of halogens is 2. The normalized spacial score (nSPS) is 10.5. The highest BCUT2D eigenvalue weighted by molar-refractivity contribution is 7.14. The van der Waals surface area contributed by atoms with Gasteiger partial charge in [0, 0.05) is 22.6 Å². The van der Waals surface area contributed by atoms with Crippen molar-refractivity contribution in [2.24, 2.45) is 0 Å². The van der Waals surface area contributed by atoms with E-state index in [0.717, 1.165) is 23.5 Å². The van der Waals surface area contributed by atoms with Crippen molar-refractivity contribution in [2.75, 3.05) is 12.4 Å². The number of benzene rings is 2. The summed E-state index contributed by atoms with van der Waals surface area (Å²) >= 11 is 1.16. The summed E-state index contributed by atoms with van der Waals surface area (Å²) in [4.78, 5) is 16.4. The molecule has 122 valence electrons. The van der Waals surface area contributed by atoms with E-state index in [1.807, 2.05) is 0 Å². The van der Waals surface area contributed by atoms with Gasteiger partial charge in [0.05, 0.1) is 12.8 Å². The first-order valence-electron chi connectivity index (χ1n) is 6.93. The van der Waals surface area contributed by atoms with Gasteiger partial charge in [0.2, 0.25) is 0 Å². The molecule has 3 aromatic rings. The molecule has 0 saturated heterocycles.